The third kappa shape index (κ3) is 3.32. The minimum atomic E-state index is -5.08. The van der Waals surface area contributed by atoms with Crippen LogP contribution in [-0.2, 0) is 4.79 Å². The number of nitrogens with zero attached hydrogens (tertiary/aromatic N) is 4. The highest BCUT2D eigenvalue weighted by Gasteiger charge is 2.42. The van der Waals surface area contributed by atoms with Crippen molar-refractivity contribution in [2.24, 2.45) is 0 Å². The van der Waals surface area contributed by atoms with Gasteiger partial charge in [0, 0.05) is 29.5 Å². The molecule has 1 unspecified atom stereocenters. The molecule has 3 heterocycles. The maximum atomic E-state index is 12.4. The van der Waals surface area contributed by atoms with E-state index in [0.29, 0.717) is 5.39 Å². The fourth-order valence-electron chi connectivity index (χ4n) is 3.15. The Balaban J connectivity index is 1.67. The Morgan fingerprint density at radius 3 is 2.89 bits per heavy atom. The first-order chi connectivity index (χ1) is 12.9. The van der Waals surface area contributed by atoms with Crippen molar-refractivity contribution in [1.82, 2.24) is 19.5 Å². The summed E-state index contributed by atoms with van der Waals surface area (Å²) in [5, 5.41) is 4.98. The van der Waals surface area contributed by atoms with Gasteiger partial charge in [-0.05, 0) is 37.0 Å². The van der Waals surface area contributed by atoms with E-state index in [0.717, 1.165) is 35.1 Å². The van der Waals surface area contributed by atoms with Crippen LogP contribution in [0, 0.1) is 0 Å². The predicted molar refractivity (Wildman–Crippen MR) is 90.6 cm³/mol. The van der Waals surface area contributed by atoms with Crippen molar-refractivity contribution in [3.05, 3.63) is 49.1 Å². The van der Waals surface area contributed by atoms with Gasteiger partial charge in [-0.1, -0.05) is 12.2 Å². The van der Waals surface area contributed by atoms with Gasteiger partial charge in [-0.25, -0.2) is 9.78 Å². The molecule has 0 N–H and O–H groups in total. The standard InChI is InChI=1S/C18H15F3N4O2/c19-18(20,21)17(26)27-25-9-7-15-14(6-8-22-16(15)25)12-10-23-24(11-12)13-4-2-1-3-5-13/h2,4,6-11,13H,1,3,5H2. The molecule has 0 saturated carbocycles. The third-order valence-electron chi connectivity index (χ3n) is 4.45. The Kier molecular flexibility index (Phi) is 4.21. The zero-order valence-electron chi connectivity index (χ0n) is 14.1. The van der Waals surface area contributed by atoms with Crippen LogP contribution in [0.1, 0.15) is 25.3 Å². The van der Waals surface area contributed by atoms with Crippen LogP contribution >= 0.6 is 0 Å². The zero-order valence-corrected chi connectivity index (χ0v) is 14.1. The highest BCUT2D eigenvalue weighted by Crippen LogP contribution is 2.30. The zero-order chi connectivity index (χ0) is 19.0. The van der Waals surface area contributed by atoms with E-state index in [1.165, 1.54) is 12.4 Å². The highest BCUT2D eigenvalue weighted by atomic mass is 19.4. The van der Waals surface area contributed by atoms with Gasteiger partial charge in [0.25, 0.3) is 0 Å². The summed E-state index contributed by atoms with van der Waals surface area (Å²) in [5.74, 6) is -2.30. The molecule has 1 aliphatic carbocycles. The minimum Gasteiger partial charge on any atom is -0.326 e. The van der Waals surface area contributed by atoms with Crippen molar-refractivity contribution in [1.29, 1.82) is 0 Å². The molecule has 6 nitrogen and oxygen atoms in total. The van der Waals surface area contributed by atoms with Crippen LogP contribution in [0.4, 0.5) is 13.2 Å². The third-order valence-corrected chi connectivity index (χ3v) is 4.45. The Hall–Kier alpha value is -3.10. The molecule has 0 fully saturated rings. The quantitative estimate of drug-likeness (QED) is 0.654. The summed E-state index contributed by atoms with van der Waals surface area (Å²) >= 11 is 0. The summed E-state index contributed by atoms with van der Waals surface area (Å²) in [5.41, 5.74) is 1.67. The maximum Gasteiger partial charge on any atom is 0.493 e. The Labute approximate surface area is 151 Å². The van der Waals surface area contributed by atoms with Crippen LogP contribution in [0.25, 0.3) is 22.2 Å². The molecule has 0 amide bonds. The lowest BCUT2D eigenvalue weighted by molar-refractivity contribution is -0.199. The number of alkyl halides is 3. The second kappa shape index (κ2) is 6.57. The lowest BCUT2D eigenvalue weighted by Gasteiger charge is -2.16. The molecule has 140 valence electrons. The van der Waals surface area contributed by atoms with Crippen LogP contribution in [0.15, 0.2) is 49.1 Å². The van der Waals surface area contributed by atoms with E-state index in [-0.39, 0.29) is 11.7 Å². The molecule has 0 aromatic carbocycles. The number of carbonyl (C=O) groups is 1. The van der Waals surface area contributed by atoms with Gasteiger partial charge in [0.2, 0.25) is 0 Å². The molecule has 9 heteroatoms. The SMILES string of the molecule is O=C(On1ccc2c(-c3cnn(C4C=CCCC4)c3)ccnc21)C(F)(F)F. The Morgan fingerprint density at radius 1 is 1.30 bits per heavy atom. The van der Waals surface area contributed by atoms with Crippen molar-refractivity contribution in [2.75, 3.05) is 0 Å². The predicted octanol–water partition coefficient (Wildman–Crippen LogP) is 3.70. The number of pyridine rings is 1. The Morgan fingerprint density at radius 2 is 2.15 bits per heavy atom. The van der Waals surface area contributed by atoms with Gasteiger partial charge in [-0.3, -0.25) is 4.68 Å². The van der Waals surface area contributed by atoms with Crippen LogP contribution in [0.5, 0.6) is 0 Å². The smallest absolute Gasteiger partial charge is 0.326 e. The molecule has 0 radical (unpaired) electrons. The van der Waals surface area contributed by atoms with Gasteiger partial charge in [0.15, 0.2) is 5.65 Å². The first-order valence-electron chi connectivity index (χ1n) is 8.40. The van der Waals surface area contributed by atoms with Gasteiger partial charge in [-0.15, -0.1) is 0 Å². The fraction of sp³-hybridized carbons (Fsp3) is 0.278. The molecule has 1 atom stereocenters. The normalized spacial score (nSPS) is 17.4. The number of halogens is 3. The molecule has 1 aliphatic rings. The molecule has 3 aromatic heterocycles. The van der Waals surface area contributed by atoms with Gasteiger partial charge >= 0.3 is 12.1 Å². The number of fused-ring (bicyclic) bond motifs is 1. The van der Waals surface area contributed by atoms with Gasteiger partial charge < -0.3 is 4.84 Å². The topological polar surface area (TPSA) is 61.9 Å². The number of aromatic nitrogens is 4. The summed E-state index contributed by atoms with van der Waals surface area (Å²) in [6, 6.07) is 3.50. The molecular weight excluding hydrogens is 361 g/mol. The highest BCUT2D eigenvalue weighted by molar-refractivity contribution is 5.93. The van der Waals surface area contributed by atoms with E-state index in [4.69, 9.17) is 0 Å². The van der Waals surface area contributed by atoms with E-state index in [2.05, 4.69) is 27.1 Å². The number of hydrogen-bond donors (Lipinski definition) is 0. The molecule has 27 heavy (non-hydrogen) atoms. The summed E-state index contributed by atoms with van der Waals surface area (Å²) in [6.45, 7) is 0. The first-order valence-corrected chi connectivity index (χ1v) is 8.40. The lowest BCUT2D eigenvalue weighted by Crippen LogP contribution is -2.33. The largest absolute Gasteiger partial charge is 0.493 e. The Bertz CT molecular complexity index is 1020. The van der Waals surface area contributed by atoms with Crippen LogP contribution in [-0.4, -0.2) is 31.6 Å². The summed E-state index contributed by atoms with van der Waals surface area (Å²) in [6.07, 6.45) is 8.64. The number of allylic oxidation sites excluding steroid dienone is 2. The lowest BCUT2D eigenvalue weighted by atomic mass is 10.0. The van der Waals surface area contributed by atoms with Gasteiger partial charge in [0.1, 0.15) is 0 Å². The molecule has 4 rings (SSSR count). The van der Waals surface area contributed by atoms with Crippen molar-refractivity contribution < 1.29 is 22.8 Å². The van der Waals surface area contributed by atoms with E-state index < -0.39 is 12.1 Å². The molecular formula is C18H15F3N4O2. The maximum absolute atomic E-state index is 12.4. The number of carbonyl (C=O) groups excluding carboxylic acids is 1. The second-order valence-electron chi connectivity index (χ2n) is 6.25. The monoisotopic (exact) mass is 376 g/mol. The van der Waals surface area contributed by atoms with Crippen LogP contribution in [0.3, 0.4) is 0 Å². The molecule has 0 aliphatic heterocycles. The van der Waals surface area contributed by atoms with E-state index >= 15 is 0 Å². The van der Waals surface area contributed by atoms with E-state index in [1.54, 1.807) is 18.3 Å². The van der Waals surface area contributed by atoms with Crippen LogP contribution < -0.4 is 4.84 Å². The van der Waals surface area contributed by atoms with Crippen LogP contribution in [0.2, 0.25) is 0 Å². The fourth-order valence-corrected chi connectivity index (χ4v) is 3.15. The number of hydrogen-bond acceptors (Lipinski definition) is 4. The molecule has 3 aromatic rings. The minimum absolute atomic E-state index is 0.121. The summed E-state index contributed by atoms with van der Waals surface area (Å²) < 4.78 is 39.9. The van der Waals surface area contributed by atoms with Crippen molar-refractivity contribution in [2.45, 2.75) is 31.5 Å². The van der Waals surface area contributed by atoms with Crippen molar-refractivity contribution in [3.8, 4) is 11.1 Å². The first kappa shape index (κ1) is 17.3. The second-order valence-corrected chi connectivity index (χ2v) is 6.25. The molecule has 0 saturated heterocycles. The van der Waals surface area contributed by atoms with Crippen molar-refractivity contribution in [3.63, 3.8) is 0 Å². The van der Waals surface area contributed by atoms with E-state index in [1.807, 2.05) is 10.9 Å². The summed E-state index contributed by atoms with van der Waals surface area (Å²) in [7, 11) is 0. The average molecular weight is 376 g/mol. The molecule has 0 spiro atoms. The van der Waals surface area contributed by atoms with Gasteiger partial charge in [0.05, 0.1) is 12.2 Å². The van der Waals surface area contributed by atoms with Gasteiger partial charge in [-0.2, -0.15) is 23.0 Å². The number of rotatable bonds is 3. The summed E-state index contributed by atoms with van der Waals surface area (Å²) in [4.78, 5) is 19.5. The molecule has 0 bridgehead atoms. The van der Waals surface area contributed by atoms with Crippen molar-refractivity contribution >= 4 is 17.0 Å². The average Bonchev–Trinajstić information content (AvgIpc) is 3.29. The van der Waals surface area contributed by atoms with E-state index in [9.17, 15) is 18.0 Å².